The summed E-state index contributed by atoms with van der Waals surface area (Å²) in [6, 6.07) is 13.1. The molecule has 0 atom stereocenters. The molecule has 7 nitrogen and oxygen atoms in total. The van der Waals surface area contributed by atoms with E-state index in [0.29, 0.717) is 28.2 Å². The Labute approximate surface area is 160 Å². The summed E-state index contributed by atoms with van der Waals surface area (Å²) in [6.07, 6.45) is 0. The van der Waals surface area contributed by atoms with Crippen LogP contribution in [0.4, 0.5) is 0 Å². The molecule has 136 valence electrons. The third-order valence-corrected chi connectivity index (χ3v) is 4.44. The second kappa shape index (κ2) is 6.85. The number of hydrogen-bond donors (Lipinski definition) is 0. The number of aromatic nitrogens is 5. The summed E-state index contributed by atoms with van der Waals surface area (Å²) in [5.74, 6) is 1.46. The van der Waals surface area contributed by atoms with Gasteiger partial charge in [0.15, 0.2) is 5.69 Å². The van der Waals surface area contributed by atoms with Crippen LogP contribution in [0.25, 0.3) is 28.7 Å². The summed E-state index contributed by atoms with van der Waals surface area (Å²) in [5.41, 5.74) is 3.98. The molecule has 2 aromatic carbocycles. The number of aryl methyl sites for hydroxylation is 1. The smallest absolute Gasteiger partial charge is 0.280 e. The molecule has 0 fully saturated rings. The molecule has 0 aliphatic carbocycles. The van der Waals surface area contributed by atoms with Gasteiger partial charge < -0.3 is 9.26 Å². The largest absolute Gasteiger partial charge is 0.494 e. The second-order valence-electron chi connectivity index (χ2n) is 6.04. The molecule has 27 heavy (non-hydrogen) atoms. The molecule has 0 amide bonds. The highest BCUT2D eigenvalue weighted by Gasteiger charge is 2.20. The minimum absolute atomic E-state index is 0.301. The molecule has 0 unspecified atom stereocenters. The Morgan fingerprint density at radius 1 is 1.07 bits per heavy atom. The number of halogens is 1. The molecule has 0 saturated heterocycles. The molecule has 0 bridgehead atoms. The predicted octanol–water partition coefficient (Wildman–Crippen LogP) is 4.26. The average molecular weight is 382 g/mol. The Kier molecular flexibility index (Phi) is 4.37. The number of benzene rings is 2. The molecule has 4 aromatic rings. The summed E-state index contributed by atoms with van der Waals surface area (Å²) < 4.78 is 12.6. The Bertz CT molecular complexity index is 1100. The number of methoxy groups -OCH3 is 1. The number of hydrogen-bond acceptors (Lipinski definition) is 6. The second-order valence-corrected chi connectivity index (χ2v) is 6.48. The lowest BCUT2D eigenvalue weighted by molar-refractivity contribution is 0.411. The van der Waals surface area contributed by atoms with Gasteiger partial charge in [-0.05, 0) is 55.8 Å². The maximum Gasteiger partial charge on any atom is 0.280 e. The van der Waals surface area contributed by atoms with E-state index in [1.165, 1.54) is 0 Å². The number of ether oxygens (including phenoxy) is 1. The topological polar surface area (TPSA) is 78.9 Å². The first-order valence-electron chi connectivity index (χ1n) is 8.24. The first-order chi connectivity index (χ1) is 13.1. The molecule has 0 radical (unpaired) electrons. The third kappa shape index (κ3) is 3.17. The molecule has 0 spiro atoms. The van der Waals surface area contributed by atoms with E-state index in [-0.39, 0.29) is 0 Å². The highest BCUT2D eigenvalue weighted by molar-refractivity contribution is 6.30. The van der Waals surface area contributed by atoms with Crippen molar-refractivity contribution in [3.8, 4) is 34.4 Å². The molecule has 4 rings (SSSR count). The first kappa shape index (κ1) is 17.2. The van der Waals surface area contributed by atoms with Crippen LogP contribution in [0.3, 0.4) is 0 Å². The van der Waals surface area contributed by atoms with Crippen LogP contribution < -0.4 is 4.74 Å². The lowest BCUT2D eigenvalue weighted by Gasteiger charge is -2.10. The maximum atomic E-state index is 5.92. The van der Waals surface area contributed by atoms with Gasteiger partial charge in [0, 0.05) is 10.6 Å². The maximum absolute atomic E-state index is 5.92. The Morgan fingerprint density at radius 3 is 2.59 bits per heavy atom. The van der Waals surface area contributed by atoms with Crippen LogP contribution in [0.15, 0.2) is 47.0 Å². The van der Waals surface area contributed by atoms with E-state index in [1.807, 2.05) is 44.2 Å². The zero-order chi connectivity index (χ0) is 19.0. The molecule has 0 aliphatic heterocycles. The minimum atomic E-state index is 0.301. The van der Waals surface area contributed by atoms with Gasteiger partial charge in [-0.1, -0.05) is 28.0 Å². The van der Waals surface area contributed by atoms with Gasteiger partial charge in [-0.15, -0.1) is 5.10 Å². The van der Waals surface area contributed by atoms with Gasteiger partial charge in [0.2, 0.25) is 5.82 Å². The molecule has 8 heteroatoms. The summed E-state index contributed by atoms with van der Waals surface area (Å²) in [4.78, 5) is 4.44. The summed E-state index contributed by atoms with van der Waals surface area (Å²) in [7, 11) is 1.62. The SMILES string of the molecule is COc1ccc(C)cc1-n1nnc(-c2nc(-c3ccc(Cl)cc3)no2)c1C. The fraction of sp³-hybridized carbons (Fsp3) is 0.158. The van der Waals surface area contributed by atoms with Gasteiger partial charge in [-0.2, -0.15) is 4.98 Å². The van der Waals surface area contributed by atoms with E-state index in [4.69, 9.17) is 20.9 Å². The van der Waals surface area contributed by atoms with E-state index in [1.54, 1.807) is 23.9 Å². The van der Waals surface area contributed by atoms with E-state index >= 15 is 0 Å². The predicted molar refractivity (Wildman–Crippen MR) is 101 cm³/mol. The fourth-order valence-electron chi connectivity index (χ4n) is 2.76. The molecule has 0 saturated carbocycles. The first-order valence-corrected chi connectivity index (χ1v) is 8.62. The van der Waals surface area contributed by atoms with Crippen molar-refractivity contribution in [3.63, 3.8) is 0 Å². The Balaban J connectivity index is 1.73. The van der Waals surface area contributed by atoms with Gasteiger partial charge in [-0.25, -0.2) is 4.68 Å². The normalized spacial score (nSPS) is 11.0. The number of rotatable bonds is 4. The number of nitrogens with zero attached hydrogens (tertiary/aromatic N) is 5. The monoisotopic (exact) mass is 381 g/mol. The summed E-state index contributed by atoms with van der Waals surface area (Å²) in [6.45, 7) is 3.90. The molecule has 0 N–H and O–H groups in total. The van der Waals surface area contributed by atoms with Crippen LogP contribution in [0.2, 0.25) is 5.02 Å². The summed E-state index contributed by atoms with van der Waals surface area (Å²) in [5, 5.41) is 13.2. The van der Waals surface area contributed by atoms with Crippen molar-refractivity contribution in [2.45, 2.75) is 13.8 Å². The van der Waals surface area contributed by atoms with Crippen LogP contribution >= 0.6 is 11.6 Å². The van der Waals surface area contributed by atoms with Gasteiger partial charge >= 0.3 is 0 Å². The van der Waals surface area contributed by atoms with E-state index in [2.05, 4.69) is 20.5 Å². The lowest BCUT2D eigenvalue weighted by Crippen LogP contribution is -2.02. The Morgan fingerprint density at radius 2 is 1.85 bits per heavy atom. The van der Waals surface area contributed by atoms with Gasteiger partial charge in [0.25, 0.3) is 5.89 Å². The van der Waals surface area contributed by atoms with Crippen molar-refractivity contribution in [2.24, 2.45) is 0 Å². The molecular weight excluding hydrogens is 366 g/mol. The van der Waals surface area contributed by atoms with Crippen molar-refractivity contribution >= 4 is 11.6 Å². The van der Waals surface area contributed by atoms with Crippen molar-refractivity contribution in [1.29, 1.82) is 0 Å². The molecular formula is C19H16ClN5O2. The van der Waals surface area contributed by atoms with E-state index in [0.717, 1.165) is 22.5 Å². The fourth-order valence-corrected chi connectivity index (χ4v) is 2.88. The highest BCUT2D eigenvalue weighted by atomic mass is 35.5. The van der Waals surface area contributed by atoms with Gasteiger partial charge in [0.05, 0.1) is 12.8 Å². The Hall–Kier alpha value is -3.19. The lowest BCUT2D eigenvalue weighted by atomic mass is 10.2. The zero-order valence-corrected chi connectivity index (χ0v) is 15.7. The van der Waals surface area contributed by atoms with Crippen LogP contribution in [-0.2, 0) is 0 Å². The van der Waals surface area contributed by atoms with Crippen LogP contribution in [0, 0.1) is 13.8 Å². The van der Waals surface area contributed by atoms with Crippen LogP contribution in [0.5, 0.6) is 5.75 Å². The van der Waals surface area contributed by atoms with Crippen LogP contribution in [0.1, 0.15) is 11.3 Å². The van der Waals surface area contributed by atoms with Crippen LogP contribution in [-0.4, -0.2) is 32.2 Å². The van der Waals surface area contributed by atoms with E-state index in [9.17, 15) is 0 Å². The average Bonchev–Trinajstić information content (AvgIpc) is 3.29. The van der Waals surface area contributed by atoms with Gasteiger partial charge in [0.1, 0.15) is 11.4 Å². The molecule has 0 aliphatic rings. The summed E-state index contributed by atoms with van der Waals surface area (Å²) >= 11 is 5.92. The van der Waals surface area contributed by atoms with Crippen molar-refractivity contribution < 1.29 is 9.26 Å². The van der Waals surface area contributed by atoms with Crippen molar-refractivity contribution in [2.75, 3.05) is 7.11 Å². The van der Waals surface area contributed by atoms with Crippen molar-refractivity contribution in [3.05, 3.63) is 58.7 Å². The molecule has 2 aromatic heterocycles. The minimum Gasteiger partial charge on any atom is -0.494 e. The van der Waals surface area contributed by atoms with Gasteiger partial charge in [-0.3, -0.25) is 0 Å². The standard InChI is InChI=1S/C19H16ClN5O2/c1-11-4-9-16(26-3)15(10-11)25-12(2)17(22-24-25)19-21-18(23-27-19)13-5-7-14(20)8-6-13/h4-10H,1-3H3. The highest BCUT2D eigenvalue weighted by Crippen LogP contribution is 2.28. The van der Waals surface area contributed by atoms with E-state index < -0.39 is 0 Å². The quantitative estimate of drug-likeness (QED) is 0.525. The molecule has 2 heterocycles. The van der Waals surface area contributed by atoms with Crippen molar-refractivity contribution in [1.82, 2.24) is 25.1 Å². The zero-order valence-electron chi connectivity index (χ0n) is 15.0. The third-order valence-electron chi connectivity index (χ3n) is 4.19.